The van der Waals surface area contributed by atoms with Crippen molar-refractivity contribution in [2.45, 2.75) is 18.7 Å². The molecule has 0 atom stereocenters. The highest BCUT2D eigenvalue weighted by atomic mass is 79.9. The molecule has 0 saturated carbocycles. The number of thioether (sulfide) groups is 1. The second kappa shape index (κ2) is 5.34. The maximum absolute atomic E-state index is 4.52. The van der Waals surface area contributed by atoms with Crippen LogP contribution >= 0.6 is 39.0 Å². The molecule has 1 nitrogen and oxygen atoms in total. The molecule has 0 saturated heterocycles. The van der Waals surface area contributed by atoms with Gasteiger partial charge in [0.15, 0.2) is 0 Å². The van der Waals surface area contributed by atoms with E-state index < -0.39 is 0 Å². The van der Waals surface area contributed by atoms with E-state index in [0.29, 0.717) is 0 Å². The summed E-state index contributed by atoms with van der Waals surface area (Å²) in [5.74, 6) is 1.11. The van der Waals surface area contributed by atoms with Crippen molar-refractivity contribution in [3.8, 4) is 10.6 Å². The third-order valence-corrected chi connectivity index (χ3v) is 5.10. The van der Waals surface area contributed by atoms with Gasteiger partial charge in [0, 0.05) is 10.5 Å². The van der Waals surface area contributed by atoms with Crippen LogP contribution in [-0.2, 0) is 0 Å². The van der Waals surface area contributed by atoms with Crippen LogP contribution in [0.1, 0.15) is 12.6 Å². The van der Waals surface area contributed by atoms with Crippen LogP contribution in [-0.4, -0.2) is 10.7 Å². The molecule has 0 radical (unpaired) electrons. The number of benzene rings is 1. The quantitative estimate of drug-likeness (QED) is 0.740. The van der Waals surface area contributed by atoms with E-state index in [1.807, 2.05) is 18.7 Å². The van der Waals surface area contributed by atoms with Crippen LogP contribution in [0.2, 0.25) is 0 Å². The van der Waals surface area contributed by atoms with Gasteiger partial charge in [-0.25, -0.2) is 4.98 Å². The standard InChI is InChI=1S/C12H12BrNS2/c1-3-15-10-6-4-9(5-7-10)12-14-8(2)11(13)16-12/h4-7H,3H2,1-2H3. The number of nitrogens with zero attached hydrogens (tertiary/aromatic N) is 1. The van der Waals surface area contributed by atoms with E-state index in [4.69, 9.17) is 0 Å². The summed E-state index contributed by atoms with van der Waals surface area (Å²) >= 11 is 7.05. The fraction of sp³-hybridized carbons (Fsp3) is 0.250. The number of aryl methyl sites for hydroxylation is 1. The Morgan fingerprint density at radius 2 is 2.00 bits per heavy atom. The van der Waals surface area contributed by atoms with Gasteiger partial charge in [-0.1, -0.05) is 19.1 Å². The SMILES string of the molecule is CCSc1ccc(-c2nc(C)c(Br)s2)cc1. The Hall–Kier alpha value is -0.320. The van der Waals surface area contributed by atoms with Crippen molar-refractivity contribution < 1.29 is 0 Å². The van der Waals surface area contributed by atoms with Gasteiger partial charge in [-0.2, -0.15) is 0 Å². The van der Waals surface area contributed by atoms with Crippen LogP contribution in [0.15, 0.2) is 32.9 Å². The third-order valence-electron chi connectivity index (χ3n) is 2.15. The van der Waals surface area contributed by atoms with Crippen LogP contribution in [0, 0.1) is 6.92 Å². The summed E-state index contributed by atoms with van der Waals surface area (Å²) in [4.78, 5) is 5.84. The van der Waals surface area contributed by atoms with Gasteiger partial charge in [-0.15, -0.1) is 23.1 Å². The molecular weight excluding hydrogens is 302 g/mol. The Labute approximate surface area is 112 Å². The lowest BCUT2D eigenvalue weighted by Crippen LogP contribution is -1.78. The first-order chi connectivity index (χ1) is 7.70. The summed E-state index contributed by atoms with van der Waals surface area (Å²) in [5.41, 5.74) is 2.26. The number of rotatable bonds is 3. The summed E-state index contributed by atoms with van der Waals surface area (Å²) in [6.45, 7) is 4.19. The smallest absolute Gasteiger partial charge is 0.124 e. The predicted octanol–water partition coefficient (Wildman–Crippen LogP) is 4.99. The van der Waals surface area contributed by atoms with Gasteiger partial charge in [-0.05, 0) is 40.7 Å². The van der Waals surface area contributed by atoms with Crippen molar-refractivity contribution >= 4 is 39.0 Å². The molecule has 0 aliphatic heterocycles. The lowest BCUT2D eigenvalue weighted by atomic mass is 10.2. The lowest BCUT2D eigenvalue weighted by molar-refractivity contribution is 1.25. The van der Waals surface area contributed by atoms with Crippen molar-refractivity contribution in [2.75, 3.05) is 5.75 Å². The van der Waals surface area contributed by atoms with E-state index in [0.717, 1.165) is 20.2 Å². The largest absolute Gasteiger partial charge is 0.240 e. The van der Waals surface area contributed by atoms with Crippen LogP contribution in [0.3, 0.4) is 0 Å². The number of halogens is 1. The molecule has 1 heterocycles. The average molecular weight is 314 g/mol. The van der Waals surface area contributed by atoms with Gasteiger partial charge >= 0.3 is 0 Å². The van der Waals surface area contributed by atoms with Gasteiger partial charge in [0.05, 0.1) is 9.48 Å². The van der Waals surface area contributed by atoms with E-state index in [-0.39, 0.29) is 0 Å². The van der Waals surface area contributed by atoms with Crippen LogP contribution in [0.4, 0.5) is 0 Å². The molecule has 2 aromatic rings. The first kappa shape index (κ1) is 12.1. The zero-order chi connectivity index (χ0) is 11.5. The van der Waals surface area contributed by atoms with Crippen molar-refractivity contribution in [2.24, 2.45) is 0 Å². The minimum atomic E-state index is 1.06. The molecule has 1 aromatic carbocycles. The van der Waals surface area contributed by atoms with Crippen LogP contribution < -0.4 is 0 Å². The molecule has 0 amide bonds. The van der Waals surface area contributed by atoms with Gasteiger partial charge < -0.3 is 0 Å². The highest BCUT2D eigenvalue weighted by Crippen LogP contribution is 2.32. The molecule has 0 N–H and O–H groups in total. The molecule has 16 heavy (non-hydrogen) atoms. The Morgan fingerprint density at radius 1 is 1.31 bits per heavy atom. The van der Waals surface area contributed by atoms with E-state index in [1.54, 1.807) is 11.3 Å². The first-order valence-electron chi connectivity index (χ1n) is 5.07. The normalized spacial score (nSPS) is 10.7. The Kier molecular flexibility index (Phi) is 4.05. The second-order valence-electron chi connectivity index (χ2n) is 3.34. The van der Waals surface area contributed by atoms with Crippen molar-refractivity contribution in [1.82, 2.24) is 4.98 Å². The highest BCUT2D eigenvalue weighted by molar-refractivity contribution is 9.11. The summed E-state index contributed by atoms with van der Waals surface area (Å²) in [6.07, 6.45) is 0. The van der Waals surface area contributed by atoms with Gasteiger partial charge in [0.2, 0.25) is 0 Å². The predicted molar refractivity (Wildman–Crippen MR) is 76.4 cm³/mol. The maximum atomic E-state index is 4.52. The topological polar surface area (TPSA) is 12.9 Å². The van der Waals surface area contributed by atoms with E-state index in [2.05, 4.69) is 52.1 Å². The van der Waals surface area contributed by atoms with E-state index in [9.17, 15) is 0 Å². The Bertz CT molecular complexity index is 457. The van der Waals surface area contributed by atoms with Crippen molar-refractivity contribution in [3.05, 3.63) is 33.7 Å². The first-order valence-corrected chi connectivity index (χ1v) is 7.66. The van der Waals surface area contributed by atoms with Crippen molar-refractivity contribution in [1.29, 1.82) is 0 Å². The average Bonchev–Trinajstić information content (AvgIpc) is 2.61. The summed E-state index contributed by atoms with van der Waals surface area (Å²) in [7, 11) is 0. The molecule has 0 spiro atoms. The fourth-order valence-electron chi connectivity index (χ4n) is 1.36. The molecule has 0 aliphatic rings. The molecule has 2 rings (SSSR count). The molecular formula is C12H12BrNS2. The summed E-state index contributed by atoms with van der Waals surface area (Å²) in [5, 5.41) is 1.08. The highest BCUT2D eigenvalue weighted by Gasteiger charge is 2.06. The minimum Gasteiger partial charge on any atom is -0.240 e. The number of aromatic nitrogens is 1. The Balaban J connectivity index is 2.27. The number of thiazole rings is 1. The molecule has 84 valence electrons. The molecule has 0 fully saturated rings. The molecule has 0 aliphatic carbocycles. The summed E-state index contributed by atoms with van der Waals surface area (Å²) < 4.78 is 1.12. The van der Waals surface area contributed by atoms with E-state index in [1.165, 1.54) is 10.5 Å². The second-order valence-corrected chi connectivity index (χ2v) is 6.99. The number of hydrogen-bond donors (Lipinski definition) is 0. The summed E-state index contributed by atoms with van der Waals surface area (Å²) in [6, 6.07) is 8.60. The number of hydrogen-bond acceptors (Lipinski definition) is 3. The Morgan fingerprint density at radius 3 is 2.50 bits per heavy atom. The fourth-order valence-corrected chi connectivity index (χ4v) is 3.37. The van der Waals surface area contributed by atoms with Gasteiger partial charge in [-0.3, -0.25) is 0 Å². The zero-order valence-electron chi connectivity index (χ0n) is 9.16. The minimum absolute atomic E-state index is 1.06. The van der Waals surface area contributed by atoms with Crippen molar-refractivity contribution in [3.63, 3.8) is 0 Å². The van der Waals surface area contributed by atoms with Crippen LogP contribution in [0.25, 0.3) is 10.6 Å². The van der Waals surface area contributed by atoms with Crippen LogP contribution in [0.5, 0.6) is 0 Å². The zero-order valence-corrected chi connectivity index (χ0v) is 12.4. The molecule has 1 aromatic heterocycles. The maximum Gasteiger partial charge on any atom is 0.124 e. The molecule has 4 heteroatoms. The van der Waals surface area contributed by atoms with Gasteiger partial charge in [0.1, 0.15) is 5.01 Å². The van der Waals surface area contributed by atoms with E-state index >= 15 is 0 Å². The molecule has 0 unspecified atom stereocenters. The monoisotopic (exact) mass is 313 g/mol. The molecule has 0 bridgehead atoms. The lowest BCUT2D eigenvalue weighted by Gasteiger charge is -1.99. The van der Waals surface area contributed by atoms with Gasteiger partial charge in [0.25, 0.3) is 0 Å². The third kappa shape index (κ3) is 2.67.